The van der Waals surface area contributed by atoms with Crippen molar-refractivity contribution in [1.82, 2.24) is 4.90 Å². The Balaban J connectivity index is 1.94. The van der Waals surface area contributed by atoms with Gasteiger partial charge in [0.1, 0.15) is 0 Å². The largest absolute Gasteiger partial charge is 0.369 e. The Morgan fingerprint density at radius 3 is 2.17 bits per heavy atom. The summed E-state index contributed by atoms with van der Waals surface area (Å²) in [6, 6.07) is 15.3. The number of Topliss-reactive ketones (excluding diaryl/α,β-unsaturated/α-hetero) is 1. The molecule has 1 N–H and O–H groups in total. The molecule has 2 aromatic rings. The normalized spacial score (nSPS) is 10.8. The predicted molar refractivity (Wildman–Crippen MR) is 126 cm³/mol. The van der Waals surface area contributed by atoms with Crippen LogP contribution in [0.25, 0.3) is 0 Å². The minimum atomic E-state index is -0.0992. The number of nitrogens with zero attached hydrogens (tertiary/aromatic N) is 2. The molecule has 0 atom stereocenters. The minimum absolute atomic E-state index is 0.0992. The molecule has 0 aliphatic heterocycles. The molecule has 7 heteroatoms. The third-order valence-electron chi connectivity index (χ3n) is 4.48. The van der Waals surface area contributed by atoms with Crippen LogP contribution in [-0.2, 0) is 22.4 Å². The molecule has 5 nitrogen and oxygen atoms in total. The SMILES string of the molecule is CN(C)CC(=O)Cc1cccc(NC(=O)Cc2ccc(N(CCCl)CCCl)cc2)c1. The fraction of sp³-hybridized carbons (Fsp3) is 0.391. The number of alkyl halides is 2. The number of likely N-dealkylation sites (N-methyl/N-ethyl adjacent to an activating group) is 1. The Morgan fingerprint density at radius 2 is 1.57 bits per heavy atom. The molecule has 0 saturated heterocycles. The number of rotatable bonds is 12. The summed E-state index contributed by atoms with van der Waals surface area (Å²) in [4.78, 5) is 28.4. The van der Waals surface area contributed by atoms with Crippen molar-refractivity contribution in [2.24, 2.45) is 0 Å². The molecular weight excluding hydrogens is 421 g/mol. The van der Waals surface area contributed by atoms with E-state index >= 15 is 0 Å². The van der Waals surface area contributed by atoms with E-state index in [2.05, 4.69) is 10.2 Å². The van der Waals surface area contributed by atoms with E-state index in [1.54, 1.807) is 0 Å². The van der Waals surface area contributed by atoms with E-state index in [0.29, 0.717) is 30.4 Å². The minimum Gasteiger partial charge on any atom is -0.369 e. The molecule has 0 bridgehead atoms. The van der Waals surface area contributed by atoms with Gasteiger partial charge >= 0.3 is 0 Å². The van der Waals surface area contributed by atoms with E-state index in [1.165, 1.54) is 0 Å². The van der Waals surface area contributed by atoms with Gasteiger partial charge in [-0.05, 0) is 49.5 Å². The summed E-state index contributed by atoms with van der Waals surface area (Å²) >= 11 is 11.7. The summed E-state index contributed by atoms with van der Waals surface area (Å²) in [5, 5.41) is 2.92. The average Bonchev–Trinajstić information content (AvgIpc) is 2.68. The second-order valence-corrected chi connectivity index (χ2v) is 8.17. The zero-order valence-corrected chi connectivity index (χ0v) is 19.0. The van der Waals surface area contributed by atoms with E-state index in [0.717, 1.165) is 29.9 Å². The van der Waals surface area contributed by atoms with Gasteiger partial charge in [-0.25, -0.2) is 0 Å². The van der Waals surface area contributed by atoms with Crippen molar-refractivity contribution >= 4 is 46.3 Å². The molecule has 1 amide bonds. The number of hydrogen-bond donors (Lipinski definition) is 1. The van der Waals surface area contributed by atoms with Crippen molar-refractivity contribution in [3.8, 4) is 0 Å². The van der Waals surface area contributed by atoms with Gasteiger partial charge in [0.25, 0.3) is 0 Å². The quantitative estimate of drug-likeness (QED) is 0.500. The number of anilines is 2. The number of benzene rings is 2. The summed E-state index contributed by atoms with van der Waals surface area (Å²) in [6.45, 7) is 1.85. The number of carbonyl (C=O) groups is 2. The Kier molecular flexibility index (Phi) is 10.1. The lowest BCUT2D eigenvalue weighted by atomic mass is 10.1. The number of nitrogens with one attached hydrogen (secondary N) is 1. The van der Waals surface area contributed by atoms with Crippen LogP contribution in [0.2, 0.25) is 0 Å². The first-order valence-corrected chi connectivity index (χ1v) is 11.0. The molecule has 0 aromatic heterocycles. The van der Waals surface area contributed by atoms with Crippen molar-refractivity contribution in [3.05, 3.63) is 59.7 Å². The van der Waals surface area contributed by atoms with Gasteiger partial charge in [0.15, 0.2) is 5.78 Å². The first-order chi connectivity index (χ1) is 14.4. The Bertz CT molecular complexity index is 819. The number of ketones is 1. The van der Waals surface area contributed by atoms with Crippen LogP contribution in [0.3, 0.4) is 0 Å². The van der Waals surface area contributed by atoms with Crippen LogP contribution >= 0.6 is 23.2 Å². The molecule has 0 unspecified atom stereocenters. The van der Waals surface area contributed by atoms with Gasteiger partial charge in [0.2, 0.25) is 5.91 Å². The van der Waals surface area contributed by atoms with Crippen molar-refractivity contribution < 1.29 is 9.59 Å². The standard InChI is InChI=1S/C23H29Cl2N3O2/c1-27(2)17-22(29)15-19-4-3-5-20(14-19)26-23(30)16-18-6-8-21(9-7-18)28(12-10-24)13-11-25/h3-9,14H,10-13,15-17H2,1-2H3,(H,26,30). The van der Waals surface area contributed by atoms with Gasteiger partial charge in [-0.2, -0.15) is 0 Å². The second kappa shape index (κ2) is 12.6. The lowest BCUT2D eigenvalue weighted by molar-refractivity contribution is -0.119. The molecule has 2 aromatic carbocycles. The van der Waals surface area contributed by atoms with E-state index in [4.69, 9.17) is 23.2 Å². The Labute approximate surface area is 189 Å². The highest BCUT2D eigenvalue weighted by Gasteiger charge is 2.09. The molecule has 2 rings (SSSR count). The van der Waals surface area contributed by atoms with Gasteiger partial charge in [0, 0.05) is 42.6 Å². The first kappa shape index (κ1) is 24.2. The van der Waals surface area contributed by atoms with Crippen LogP contribution < -0.4 is 10.2 Å². The van der Waals surface area contributed by atoms with E-state index < -0.39 is 0 Å². The number of halogens is 2. The summed E-state index contributed by atoms with van der Waals surface area (Å²) < 4.78 is 0. The molecule has 0 fully saturated rings. The maximum absolute atomic E-state index is 12.5. The first-order valence-electron chi connectivity index (χ1n) is 9.92. The lowest BCUT2D eigenvalue weighted by Crippen LogP contribution is -2.27. The maximum Gasteiger partial charge on any atom is 0.228 e. The molecule has 0 saturated carbocycles. The van der Waals surface area contributed by atoms with Crippen molar-refractivity contribution in [2.45, 2.75) is 12.8 Å². The monoisotopic (exact) mass is 449 g/mol. The molecule has 0 aliphatic carbocycles. The van der Waals surface area contributed by atoms with Gasteiger partial charge < -0.3 is 15.1 Å². The molecule has 0 radical (unpaired) electrons. The number of hydrogen-bond acceptors (Lipinski definition) is 4. The molecule has 162 valence electrons. The smallest absolute Gasteiger partial charge is 0.228 e. The fourth-order valence-corrected chi connectivity index (χ4v) is 3.59. The van der Waals surface area contributed by atoms with E-state index in [9.17, 15) is 9.59 Å². The molecule has 0 aliphatic rings. The maximum atomic E-state index is 12.5. The summed E-state index contributed by atoms with van der Waals surface area (Å²) in [7, 11) is 3.74. The zero-order valence-electron chi connectivity index (χ0n) is 17.5. The Hall–Kier alpha value is -2.08. The molecule has 0 heterocycles. The predicted octanol–water partition coefficient (Wildman–Crippen LogP) is 3.83. The molecule has 30 heavy (non-hydrogen) atoms. The summed E-state index contributed by atoms with van der Waals surface area (Å²) in [5.74, 6) is 1.10. The van der Waals surface area contributed by atoms with Gasteiger partial charge in [-0.1, -0.05) is 24.3 Å². The van der Waals surface area contributed by atoms with Crippen molar-refractivity contribution in [3.63, 3.8) is 0 Å². The van der Waals surface area contributed by atoms with Gasteiger partial charge in [-0.3, -0.25) is 9.59 Å². The number of carbonyl (C=O) groups excluding carboxylic acids is 2. The van der Waals surface area contributed by atoms with E-state index in [-0.39, 0.29) is 18.1 Å². The van der Waals surface area contributed by atoms with Crippen molar-refractivity contribution in [1.29, 1.82) is 0 Å². The topological polar surface area (TPSA) is 52.7 Å². The second-order valence-electron chi connectivity index (χ2n) is 7.41. The number of amides is 1. The highest BCUT2D eigenvalue weighted by molar-refractivity contribution is 6.18. The van der Waals surface area contributed by atoms with Crippen LogP contribution in [0.5, 0.6) is 0 Å². The lowest BCUT2D eigenvalue weighted by Gasteiger charge is -2.23. The third-order valence-corrected chi connectivity index (χ3v) is 4.82. The Morgan fingerprint density at radius 1 is 0.900 bits per heavy atom. The molecular formula is C23H29Cl2N3O2. The summed E-state index contributed by atoms with van der Waals surface area (Å²) in [5.41, 5.74) is 3.55. The van der Waals surface area contributed by atoms with Crippen LogP contribution in [0.15, 0.2) is 48.5 Å². The average molecular weight is 450 g/mol. The fourth-order valence-electron chi connectivity index (χ4n) is 3.18. The van der Waals surface area contributed by atoms with Crippen molar-refractivity contribution in [2.75, 3.05) is 55.7 Å². The van der Waals surface area contributed by atoms with Gasteiger partial charge in [-0.15, -0.1) is 23.2 Å². The van der Waals surface area contributed by atoms with E-state index in [1.807, 2.05) is 67.5 Å². The molecule has 0 spiro atoms. The highest BCUT2D eigenvalue weighted by Crippen LogP contribution is 2.17. The van der Waals surface area contributed by atoms with Crippen LogP contribution in [0, 0.1) is 0 Å². The van der Waals surface area contributed by atoms with Gasteiger partial charge in [0.05, 0.1) is 13.0 Å². The van der Waals surface area contributed by atoms with Crippen LogP contribution in [-0.4, -0.2) is 62.1 Å². The zero-order chi connectivity index (χ0) is 21.9. The summed E-state index contributed by atoms with van der Waals surface area (Å²) in [6.07, 6.45) is 0.625. The third kappa shape index (κ3) is 8.34. The highest BCUT2D eigenvalue weighted by atomic mass is 35.5. The van der Waals surface area contributed by atoms with Crippen LogP contribution in [0.1, 0.15) is 11.1 Å². The van der Waals surface area contributed by atoms with Crippen LogP contribution in [0.4, 0.5) is 11.4 Å².